The fourth-order valence-electron chi connectivity index (χ4n) is 1.99. The third-order valence-electron chi connectivity index (χ3n) is 3.39. The molecule has 1 N–H and O–H groups in total. The molecule has 1 amide bonds. The van der Waals surface area contributed by atoms with Crippen molar-refractivity contribution in [2.75, 3.05) is 5.75 Å². The first-order valence-electron chi connectivity index (χ1n) is 7.33. The number of ether oxygens (including phenoxy) is 1. The Balaban J connectivity index is 3.56. The number of hydrogen-bond acceptors (Lipinski definition) is 6. The average Bonchev–Trinajstić information content (AvgIpc) is 2.50. The SMILES string of the molecule is CCC(=O)Oc1cc(I)ccc1C(=O)NC(CS(=O)(=O)[O-])(C(F)(F)F)C(F)(F)F. The van der Waals surface area contributed by atoms with Crippen LogP contribution >= 0.6 is 22.6 Å². The molecule has 0 bridgehead atoms. The van der Waals surface area contributed by atoms with Gasteiger partial charge in [0.1, 0.15) is 5.75 Å². The van der Waals surface area contributed by atoms with Gasteiger partial charge >= 0.3 is 18.3 Å². The topological polar surface area (TPSA) is 113 Å². The summed E-state index contributed by atoms with van der Waals surface area (Å²) >= 11 is 1.67. The van der Waals surface area contributed by atoms with Crippen LogP contribution in [0.25, 0.3) is 0 Å². The van der Waals surface area contributed by atoms with E-state index >= 15 is 0 Å². The summed E-state index contributed by atoms with van der Waals surface area (Å²) in [6.07, 6.45) is -13.0. The van der Waals surface area contributed by atoms with Gasteiger partial charge in [0.15, 0.2) is 0 Å². The summed E-state index contributed by atoms with van der Waals surface area (Å²) in [6, 6.07) is 2.89. The van der Waals surface area contributed by atoms with Gasteiger partial charge in [-0.3, -0.25) is 9.59 Å². The minimum atomic E-state index is -6.40. The smallest absolute Gasteiger partial charge is 0.421 e. The van der Waals surface area contributed by atoms with E-state index in [1.165, 1.54) is 6.92 Å². The number of hydrogen-bond donors (Lipinski definition) is 1. The molecule has 0 aliphatic carbocycles. The number of nitrogens with one attached hydrogen (secondary N) is 1. The van der Waals surface area contributed by atoms with E-state index in [2.05, 4.69) is 0 Å². The number of esters is 1. The second-order valence-electron chi connectivity index (χ2n) is 5.53. The monoisotopic (exact) mass is 562 g/mol. The van der Waals surface area contributed by atoms with Gasteiger partial charge in [0, 0.05) is 9.99 Å². The maximum absolute atomic E-state index is 13.3. The van der Waals surface area contributed by atoms with Gasteiger partial charge < -0.3 is 14.6 Å². The largest absolute Gasteiger partial charge is 0.748 e. The van der Waals surface area contributed by atoms with E-state index in [-0.39, 0.29) is 6.42 Å². The first kappa shape index (κ1) is 25.4. The van der Waals surface area contributed by atoms with Gasteiger partial charge in [0.2, 0.25) is 5.54 Å². The molecule has 0 heterocycles. The van der Waals surface area contributed by atoms with Crippen LogP contribution in [0.4, 0.5) is 26.3 Å². The quantitative estimate of drug-likeness (QED) is 0.188. The maximum atomic E-state index is 13.3. The number of carbonyl (C=O) groups is 2. The predicted molar refractivity (Wildman–Crippen MR) is 92.0 cm³/mol. The van der Waals surface area contributed by atoms with Gasteiger partial charge in [-0.2, -0.15) is 26.3 Å². The number of amides is 1. The maximum Gasteiger partial charge on any atom is 0.421 e. The van der Waals surface area contributed by atoms with Crippen molar-refractivity contribution in [3.05, 3.63) is 27.3 Å². The summed E-state index contributed by atoms with van der Waals surface area (Å²) in [5.41, 5.74) is -6.29. The third-order valence-corrected chi connectivity index (χ3v) is 4.85. The lowest BCUT2D eigenvalue weighted by Gasteiger charge is -2.38. The van der Waals surface area contributed by atoms with E-state index in [9.17, 15) is 48.9 Å². The third kappa shape index (κ3) is 6.18. The zero-order chi connectivity index (χ0) is 22.8. The molecule has 0 unspecified atom stereocenters. The van der Waals surface area contributed by atoms with Crippen molar-refractivity contribution in [3.63, 3.8) is 0 Å². The fraction of sp³-hybridized carbons (Fsp3) is 0.429. The highest BCUT2D eigenvalue weighted by molar-refractivity contribution is 14.1. The number of rotatable bonds is 6. The molecule has 0 saturated carbocycles. The molecule has 1 aromatic rings. The second-order valence-corrected chi connectivity index (χ2v) is 8.17. The Morgan fingerprint density at radius 2 is 1.66 bits per heavy atom. The zero-order valence-corrected chi connectivity index (χ0v) is 17.1. The van der Waals surface area contributed by atoms with Crippen LogP contribution in [0.15, 0.2) is 18.2 Å². The van der Waals surface area contributed by atoms with E-state index in [1.807, 2.05) is 0 Å². The number of carbonyl (C=O) groups excluding carboxylic acids is 2. The number of benzene rings is 1. The van der Waals surface area contributed by atoms with Crippen molar-refractivity contribution in [1.29, 1.82) is 0 Å². The summed E-state index contributed by atoms with van der Waals surface area (Å²) in [5.74, 6) is -6.67. The Morgan fingerprint density at radius 1 is 1.14 bits per heavy atom. The molecule has 0 atom stereocenters. The molecule has 0 aromatic heterocycles. The highest BCUT2D eigenvalue weighted by Crippen LogP contribution is 2.44. The minimum Gasteiger partial charge on any atom is -0.748 e. The Kier molecular flexibility index (Phi) is 7.56. The van der Waals surface area contributed by atoms with Crippen molar-refractivity contribution < 1.29 is 53.6 Å². The molecule has 0 fully saturated rings. The van der Waals surface area contributed by atoms with Gasteiger partial charge in [0.05, 0.1) is 21.4 Å². The van der Waals surface area contributed by atoms with E-state index in [1.54, 1.807) is 22.6 Å². The Labute approximate surface area is 173 Å². The van der Waals surface area contributed by atoms with Crippen molar-refractivity contribution in [2.45, 2.75) is 31.2 Å². The van der Waals surface area contributed by atoms with Gasteiger partial charge in [0.25, 0.3) is 5.91 Å². The molecular formula is C14H11F6INO6S-. The second kappa shape index (κ2) is 8.63. The van der Waals surface area contributed by atoms with E-state index in [4.69, 9.17) is 4.74 Å². The first-order chi connectivity index (χ1) is 12.9. The first-order valence-corrected chi connectivity index (χ1v) is 9.99. The van der Waals surface area contributed by atoms with Crippen LogP contribution in [-0.4, -0.2) is 48.5 Å². The molecule has 15 heteroatoms. The summed E-state index contributed by atoms with van der Waals surface area (Å²) in [7, 11) is -6.11. The molecule has 0 radical (unpaired) electrons. The van der Waals surface area contributed by atoms with E-state index < -0.39 is 57.0 Å². The molecule has 1 rings (SSSR count). The lowest BCUT2D eigenvalue weighted by Crippen LogP contribution is -2.70. The van der Waals surface area contributed by atoms with Crippen LogP contribution in [0.5, 0.6) is 5.75 Å². The van der Waals surface area contributed by atoms with E-state index in [0.717, 1.165) is 18.2 Å². The van der Waals surface area contributed by atoms with Gasteiger partial charge in [-0.05, 0) is 40.8 Å². The standard InChI is InChI=1S/C14H12F6INO6S/c1-2-10(23)28-9-5-7(21)3-4-8(9)11(24)22-12(13(15,16)17,14(18,19)20)6-29(25,26)27/h3-5H,2,6H2,1H3,(H,22,24)(H,25,26,27)/p-1. The number of halogens is 7. The van der Waals surface area contributed by atoms with E-state index in [0.29, 0.717) is 8.89 Å². The lowest BCUT2D eigenvalue weighted by atomic mass is 9.99. The molecule has 0 spiro atoms. The van der Waals surface area contributed by atoms with Crippen molar-refractivity contribution >= 4 is 44.6 Å². The highest BCUT2D eigenvalue weighted by atomic mass is 127. The predicted octanol–water partition coefficient (Wildman–Crippen LogP) is 2.75. The molecule has 0 saturated heterocycles. The molecular weight excluding hydrogens is 551 g/mol. The number of alkyl halides is 6. The molecule has 164 valence electrons. The van der Waals surface area contributed by atoms with Crippen molar-refractivity contribution in [1.82, 2.24) is 5.32 Å². The highest BCUT2D eigenvalue weighted by Gasteiger charge is 2.72. The summed E-state index contributed by atoms with van der Waals surface area (Å²) < 4.78 is 117. The lowest BCUT2D eigenvalue weighted by molar-refractivity contribution is -0.296. The Bertz CT molecular complexity index is 885. The van der Waals surface area contributed by atoms with Crippen LogP contribution in [0.2, 0.25) is 0 Å². The molecule has 0 aliphatic heterocycles. The van der Waals surface area contributed by atoms with Crippen molar-refractivity contribution in [3.8, 4) is 5.75 Å². The zero-order valence-electron chi connectivity index (χ0n) is 14.1. The summed E-state index contributed by atoms with van der Waals surface area (Å²) in [6.45, 7) is 1.34. The summed E-state index contributed by atoms with van der Waals surface area (Å²) in [5, 5.41) is 0.573. The van der Waals surface area contributed by atoms with Crippen LogP contribution in [0.3, 0.4) is 0 Å². The Morgan fingerprint density at radius 3 is 2.07 bits per heavy atom. The average molecular weight is 562 g/mol. The molecule has 1 aromatic carbocycles. The Hall–Kier alpha value is -1.62. The minimum absolute atomic E-state index is 0.226. The molecule has 0 aliphatic rings. The van der Waals surface area contributed by atoms with Crippen molar-refractivity contribution in [2.24, 2.45) is 0 Å². The molecule has 7 nitrogen and oxygen atoms in total. The van der Waals surface area contributed by atoms with Gasteiger partial charge in [-0.25, -0.2) is 8.42 Å². The summed E-state index contributed by atoms with van der Waals surface area (Å²) in [4.78, 5) is 23.7. The normalized spacial score (nSPS) is 13.1. The van der Waals surface area contributed by atoms with Crippen LogP contribution < -0.4 is 10.1 Å². The van der Waals surface area contributed by atoms with Gasteiger partial charge in [-0.1, -0.05) is 6.92 Å². The molecule has 29 heavy (non-hydrogen) atoms. The fourth-order valence-corrected chi connectivity index (χ4v) is 3.38. The van der Waals surface area contributed by atoms with Crippen LogP contribution in [0, 0.1) is 3.57 Å². The van der Waals surface area contributed by atoms with Gasteiger partial charge in [-0.15, -0.1) is 0 Å². The van der Waals surface area contributed by atoms with Crippen LogP contribution in [0.1, 0.15) is 23.7 Å². The van der Waals surface area contributed by atoms with Crippen LogP contribution in [-0.2, 0) is 14.9 Å².